The SMILES string of the molecule is CC[C@@]1(C2=C(C)C=C(C)CC2(C)C2C=C(CC(C)C)c3cc4c(cc3N2C)C(C)(C)c2ccccc2-4)OC(=O)C2=CC=CCN21. The molecule has 7 rings (SSSR count). The smallest absolute Gasteiger partial charge is 0.357 e. The number of rotatable bonds is 5. The maximum atomic E-state index is 13.4. The van der Waals surface area contributed by atoms with Gasteiger partial charge >= 0.3 is 5.97 Å². The number of allylic oxidation sites excluding steroid dienone is 6. The van der Waals surface area contributed by atoms with Crippen LogP contribution >= 0.6 is 0 Å². The minimum atomic E-state index is -0.821. The summed E-state index contributed by atoms with van der Waals surface area (Å²) >= 11 is 0. The van der Waals surface area contributed by atoms with E-state index in [4.69, 9.17) is 4.74 Å². The number of likely N-dealkylation sites (N-methyl/N-ethyl adjacent to an activating group) is 1. The van der Waals surface area contributed by atoms with Gasteiger partial charge in [-0.05, 0) is 84.2 Å². The molecule has 234 valence electrons. The molecule has 3 atom stereocenters. The molecule has 2 aliphatic carbocycles. The Balaban J connectivity index is 1.43. The molecule has 3 aliphatic heterocycles. The van der Waals surface area contributed by atoms with Crippen LogP contribution in [0.4, 0.5) is 5.69 Å². The third kappa shape index (κ3) is 4.13. The summed E-state index contributed by atoms with van der Waals surface area (Å²) < 4.78 is 6.55. The molecule has 5 aliphatic rings. The molecule has 4 heteroatoms. The van der Waals surface area contributed by atoms with E-state index in [1.165, 1.54) is 55.8 Å². The Morgan fingerprint density at radius 3 is 2.51 bits per heavy atom. The highest BCUT2D eigenvalue weighted by atomic mass is 16.6. The van der Waals surface area contributed by atoms with Crippen molar-refractivity contribution in [3.63, 3.8) is 0 Å². The zero-order valence-electron chi connectivity index (χ0n) is 28.5. The van der Waals surface area contributed by atoms with Crippen molar-refractivity contribution in [2.24, 2.45) is 11.3 Å². The summed E-state index contributed by atoms with van der Waals surface area (Å²) in [6, 6.07) is 14.0. The standard InChI is InChI=1S/C41H48N2O2/c1-10-41(43-18-14-13-17-34(43)38(44)45-41)37-27(5)20-26(4)24-40(37,8)36-21-28(19-25(2)3)30-22-31-29-15-11-12-16-32(29)39(6,7)33(31)23-35(30)42(36)9/h11-17,20-23,25,36H,10,18-19,24H2,1-9H3/t36?,40?,41-/m0/s1. The van der Waals surface area contributed by atoms with E-state index in [0.717, 1.165) is 12.8 Å². The first-order valence-corrected chi connectivity index (χ1v) is 16.8. The van der Waals surface area contributed by atoms with Crippen molar-refractivity contribution in [1.29, 1.82) is 0 Å². The Kier molecular flexibility index (Phi) is 6.71. The van der Waals surface area contributed by atoms with E-state index in [1.807, 2.05) is 12.2 Å². The summed E-state index contributed by atoms with van der Waals surface area (Å²) in [5, 5.41) is 0. The molecule has 2 aromatic carbocycles. The summed E-state index contributed by atoms with van der Waals surface area (Å²) in [7, 11) is 2.29. The zero-order chi connectivity index (χ0) is 32.1. The van der Waals surface area contributed by atoms with E-state index < -0.39 is 5.72 Å². The molecule has 1 saturated heterocycles. The molecule has 2 unspecified atom stereocenters. The van der Waals surface area contributed by atoms with Crippen LogP contribution in [0, 0.1) is 11.3 Å². The van der Waals surface area contributed by atoms with Crippen LogP contribution in [0.15, 0.2) is 89.2 Å². The van der Waals surface area contributed by atoms with Crippen molar-refractivity contribution >= 4 is 17.2 Å². The van der Waals surface area contributed by atoms with E-state index in [2.05, 4.69) is 127 Å². The van der Waals surface area contributed by atoms with Gasteiger partial charge in [-0.2, -0.15) is 0 Å². The van der Waals surface area contributed by atoms with Crippen molar-refractivity contribution in [3.05, 3.63) is 106 Å². The lowest BCUT2D eigenvalue weighted by molar-refractivity contribution is -0.150. The number of benzene rings is 2. The van der Waals surface area contributed by atoms with Crippen LogP contribution in [0.3, 0.4) is 0 Å². The van der Waals surface area contributed by atoms with Gasteiger partial charge in [-0.1, -0.05) is 95.7 Å². The van der Waals surface area contributed by atoms with Crippen molar-refractivity contribution < 1.29 is 9.53 Å². The summed E-state index contributed by atoms with van der Waals surface area (Å²) in [6.07, 6.45) is 13.5. The van der Waals surface area contributed by atoms with Gasteiger partial charge in [0.1, 0.15) is 5.70 Å². The third-order valence-electron chi connectivity index (χ3n) is 11.3. The van der Waals surface area contributed by atoms with E-state index in [-0.39, 0.29) is 22.8 Å². The summed E-state index contributed by atoms with van der Waals surface area (Å²) in [5.41, 5.74) is 12.9. The average molecular weight is 601 g/mol. The summed E-state index contributed by atoms with van der Waals surface area (Å²) in [6.45, 7) is 19.1. The first kappa shape index (κ1) is 29.9. The Bertz CT molecular complexity index is 1780. The number of carbonyl (C=O) groups is 1. The first-order valence-electron chi connectivity index (χ1n) is 16.8. The van der Waals surface area contributed by atoms with Gasteiger partial charge in [0, 0.05) is 47.7 Å². The van der Waals surface area contributed by atoms with Crippen LogP contribution in [0.25, 0.3) is 16.7 Å². The number of hydrogen-bond donors (Lipinski definition) is 0. The number of fused-ring (bicyclic) bond motifs is 5. The fraction of sp³-hybridized carbons (Fsp3) is 0.439. The van der Waals surface area contributed by atoms with E-state index in [9.17, 15) is 4.79 Å². The maximum Gasteiger partial charge on any atom is 0.357 e. The minimum Gasteiger partial charge on any atom is -0.430 e. The van der Waals surface area contributed by atoms with Crippen molar-refractivity contribution in [2.45, 2.75) is 91.8 Å². The molecule has 0 bridgehead atoms. The topological polar surface area (TPSA) is 32.8 Å². The lowest BCUT2D eigenvalue weighted by Gasteiger charge is -2.54. The zero-order valence-corrected chi connectivity index (χ0v) is 28.5. The number of nitrogens with zero attached hydrogens (tertiary/aromatic N) is 2. The molecule has 0 amide bonds. The highest BCUT2D eigenvalue weighted by molar-refractivity contribution is 5.92. The molecule has 0 aromatic heterocycles. The molecule has 2 aromatic rings. The van der Waals surface area contributed by atoms with Crippen molar-refractivity contribution in [1.82, 2.24) is 4.90 Å². The molecule has 1 fully saturated rings. The van der Waals surface area contributed by atoms with Crippen LogP contribution < -0.4 is 4.90 Å². The molecule has 0 N–H and O–H groups in total. The van der Waals surface area contributed by atoms with Gasteiger partial charge in [-0.3, -0.25) is 0 Å². The van der Waals surface area contributed by atoms with Crippen LogP contribution in [0.2, 0.25) is 0 Å². The average Bonchev–Trinajstić information content (AvgIpc) is 3.41. The fourth-order valence-electron chi connectivity index (χ4n) is 9.59. The number of cyclic esters (lactones) is 1. The van der Waals surface area contributed by atoms with Crippen LogP contribution in [-0.2, 0) is 14.9 Å². The largest absolute Gasteiger partial charge is 0.430 e. The minimum absolute atomic E-state index is 0.0682. The van der Waals surface area contributed by atoms with Crippen LogP contribution in [-0.4, -0.2) is 36.2 Å². The fourth-order valence-corrected chi connectivity index (χ4v) is 9.59. The predicted molar refractivity (Wildman–Crippen MR) is 186 cm³/mol. The van der Waals surface area contributed by atoms with Gasteiger partial charge in [0.05, 0.1) is 6.04 Å². The third-order valence-corrected chi connectivity index (χ3v) is 11.3. The number of hydrogen-bond acceptors (Lipinski definition) is 4. The molecule has 0 saturated carbocycles. The molecular formula is C41H48N2O2. The van der Waals surface area contributed by atoms with Gasteiger partial charge < -0.3 is 14.5 Å². The highest BCUT2D eigenvalue weighted by Gasteiger charge is 2.59. The van der Waals surface area contributed by atoms with E-state index >= 15 is 0 Å². The lowest BCUT2D eigenvalue weighted by atomic mass is 9.61. The van der Waals surface area contributed by atoms with Crippen molar-refractivity contribution in [3.8, 4) is 11.1 Å². The quantitative estimate of drug-likeness (QED) is 0.320. The summed E-state index contributed by atoms with van der Waals surface area (Å²) in [4.78, 5) is 18.2. The van der Waals surface area contributed by atoms with Gasteiger partial charge in [0.15, 0.2) is 0 Å². The Morgan fingerprint density at radius 1 is 1.02 bits per heavy atom. The molecule has 4 nitrogen and oxygen atoms in total. The van der Waals surface area contributed by atoms with Crippen LogP contribution in [0.1, 0.15) is 91.3 Å². The van der Waals surface area contributed by atoms with Gasteiger partial charge in [0.2, 0.25) is 5.72 Å². The van der Waals surface area contributed by atoms with Gasteiger partial charge in [-0.15, -0.1) is 0 Å². The van der Waals surface area contributed by atoms with Crippen LogP contribution in [0.5, 0.6) is 0 Å². The Morgan fingerprint density at radius 2 is 1.78 bits per heavy atom. The molecule has 45 heavy (non-hydrogen) atoms. The monoisotopic (exact) mass is 600 g/mol. The predicted octanol–water partition coefficient (Wildman–Crippen LogP) is 9.33. The van der Waals surface area contributed by atoms with Crippen molar-refractivity contribution in [2.75, 3.05) is 18.5 Å². The second kappa shape index (κ2) is 10.1. The maximum absolute atomic E-state index is 13.4. The second-order valence-electron chi connectivity index (χ2n) is 15.2. The number of esters is 1. The lowest BCUT2D eigenvalue weighted by Crippen LogP contribution is -2.57. The molecular weight excluding hydrogens is 552 g/mol. The molecule has 3 heterocycles. The Hall–Kier alpha value is -3.79. The number of carbonyl (C=O) groups excluding carboxylic acids is 1. The van der Waals surface area contributed by atoms with E-state index in [0.29, 0.717) is 24.6 Å². The highest BCUT2D eigenvalue weighted by Crippen LogP contribution is 2.58. The first-order chi connectivity index (χ1) is 21.3. The van der Waals surface area contributed by atoms with Gasteiger partial charge in [0.25, 0.3) is 0 Å². The molecule has 0 radical (unpaired) electrons. The second-order valence-corrected chi connectivity index (χ2v) is 15.2. The summed E-state index contributed by atoms with van der Waals surface area (Å²) in [5.74, 6) is 0.305. The number of ether oxygens (including phenoxy) is 1. The van der Waals surface area contributed by atoms with E-state index in [1.54, 1.807) is 0 Å². The normalized spacial score (nSPS) is 27.9. The number of anilines is 1. The Labute approximate surface area is 269 Å². The van der Waals surface area contributed by atoms with Gasteiger partial charge in [-0.25, -0.2) is 4.79 Å². The molecule has 0 spiro atoms.